The van der Waals surface area contributed by atoms with E-state index in [9.17, 15) is 4.79 Å². The van der Waals surface area contributed by atoms with Crippen LogP contribution in [0.2, 0.25) is 23.3 Å². The molecule has 2 heterocycles. The number of hydrogen-bond donors (Lipinski definition) is 1. The Bertz CT molecular complexity index is 832. The van der Waals surface area contributed by atoms with Crippen molar-refractivity contribution < 1.29 is 14.0 Å². The lowest BCUT2D eigenvalue weighted by Gasteiger charge is -2.41. The molecule has 7 nitrogen and oxygen atoms in total. The van der Waals surface area contributed by atoms with Crippen LogP contribution < -0.4 is 10.2 Å². The molecular formula is C22H38BrClN4O3Si. The van der Waals surface area contributed by atoms with E-state index in [2.05, 4.69) is 76.9 Å². The minimum Gasteiger partial charge on any atom is -0.444 e. The third-order valence-corrected chi connectivity index (χ3v) is 11.7. The van der Waals surface area contributed by atoms with Crippen molar-refractivity contribution in [2.75, 3.05) is 18.0 Å². The molecule has 0 atom stereocenters. The lowest BCUT2D eigenvalue weighted by Crippen LogP contribution is -2.54. The first kappa shape index (κ1) is 27.3. The van der Waals surface area contributed by atoms with Gasteiger partial charge in [-0.1, -0.05) is 32.4 Å². The SMILES string of the molecule is CC1(NC(=O)OC(C)(C)C)CCN(c2nc(Cl)c(Br)nc2CO[Si](C)(C)C(C)(C)C)CC1. The number of nitrogens with one attached hydrogen (secondary N) is 1. The first-order valence-corrected chi connectivity index (χ1v) is 15.1. The Morgan fingerprint density at radius 1 is 1.19 bits per heavy atom. The fourth-order valence-electron chi connectivity index (χ4n) is 3.12. The summed E-state index contributed by atoms with van der Waals surface area (Å²) in [7, 11) is -1.95. The number of rotatable bonds is 5. The highest BCUT2D eigenvalue weighted by Crippen LogP contribution is 2.38. The Balaban J connectivity index is 2.14. The summed E-state index contributed by atoms with van der Waals surface area (Å²) in [6.07, 6.45) is 1.12. The minimum atomic E-state index is -1.95. The fourth-order valence-corrected chi connectivity index (χ4v) is 4.48. The number of halogens is 2. The largest absolute Gasteiger partial charge is 0.444 e. The van der Waals surface area contributed by atoms with Crippen molar-refractivity contribution >= 4 is 47.8 Å². The van der Waals surface area contributed by atoms with E-state index in [4.69, 9.17) is 20.8 Å². The van der Waals surface area contributed by atoms with E-state index in [0.717, 1.165) is 24.4 Å². The molecule has 0 saturated carbocycles. The highest BCUT2D eigenvalue weighted by Gasteiger charge is 2.38. The summed E-state index contributed by atoms with van der Waals surface area (Å²) in [6.45, 7) is 20.5. The molecule has 1 aliphatic rings. The van der Waals surface area contributed by atoms with E-state index in [1.165, 1.54) is 0 Å². The summed E-state index contributed by atoms with van der Waals surface area (Å²) in [5, 5.41) is 3.48. The van der Waals surface area contributed by atoms with Crippen LogP contribution in [0.25, 0.3) is 0 Å². The maximum Gasteiger partial charge on any atom is 0.408 e. The number of amides is 1. The van der Waals surface area contributed by atoms with Crippen molar-refractivity contribution in [2.45, 2.75) is 97.2 Å². The Kier molecular flexibility index (Phi) is 8.34. The number of nitrogens with zero attached hydrogens (tertiary/aromatic N) is 3. The average Bonchev–Trinajstić information content (AvgIpc) is 2.60. The highest BCUT2D eigenvalue weighted by molar-refractivity contribution is 9.10. The van der Waals surface area contributed by atoms with Crippen molar-refractivity contribution in [2.24, 2.45) is 0 Å². The second-order valence-corrected chi connectivity index (χ2v) is 17.2. The Labute approximate surface area is 207 Å². The minimum absolute atomic E-state index is 0.102. The Morgan fingerprint density at radius 2 is 1.75 bits per heavy atom. The van der Waals surface area contributed by atoms with Gasteiger partial charge in [0.2, 0.25) is 0 Å². The Morgan fingerprint density at radius 3 is 2.25 bits per heavy atom. The van der Waals surface area contributed by atoms with E-state index < -0.39 is 13.9 Å². The molecule has 1 N–H and O–H groups in total. The number of hydrogen-bond acceptors (Lipinski definition) is 6. The van der Waals surface area contributed by atoms with Crippen LogP contribution in [0.4, 0.5) is 10.6 Å². The second-order valence-electron chi connectivity index (χ2n) is 11.3. The monoisotopic (exact) mass is 548 g/mol. The van der Waals surface area contributed by atoms with Crippen molar-refractivity contribution in [3.05, 3.63) is 15.5 Å². The van der Waals surface area contributed by atoms with Crippen LogP contribution in [0.5, 0.6) is 0 Å². The van der Waals surface area contributed by atoms with Crippen LogP contribution in [0.15, 0.2) is 4.60 Å². The molecule has 1 aliphatic heterocycles. The van der Waals surface area contributed by atoms with E-state index in [1.54, 1.807) is 0 Å². The van der Waals surface area contributed by atoms with Gasteiger partial charge < -0.3 is 19.4 Å². The molecule has 1 amide bonds. The van der Waals surface area contributed by atoms with Crippen LogP contribution in [0, 0.1) is 0 Å². The molecule has 1 fully saturated rings. The zero-order valence-corrected chi connectivity index (χ0v) is 24.2. The molecular weight excluding hydrogens is 512 g/mol. The number of piperidine rings is 1. The molecule has 182 valence electrons. The van der Waals surface area contributed by atoms with E-state index in [1.807, 2.05) is 20.8 Å². The standard InChI is InChI=1S/C22H38BrClN4O3Si/c1-20(2,3)31-19(29)27-22(7)10-12-28(13-11-22)18-15(25-16(23)17(24)26-18)14-30-32(8,9)21(4,5)6/h10-14H2,1-9H3,(H,27,29). The molecule has 0 spiro atoms. The van der Waals surface area contributed by atoms with Gasteiger partial charge >= 0.3 is 6.09 Å². The smallest absolute Gasteiger partial charge is 0.408 e. The molecule has 1 aromatic heterocycles. The topological polar surface area (TPSA) is 76.6 Å². The van der Waals surface area contributed by atoms with Crippen molar-refractivity contribution in [3.63, 3.8) is 0 Å². The van der Waals surface area contributed by atoms with Crippen LogP contribution in [0.3, 0.4) is 0 Å². The van der Waals surface area contributed by atoms with Gasteiger partial charge in [0.15, 0.2) is 19.3 Å². The number of carbonyl (C=O) groups excluding carboxylic acids is 1. The molecule has 0 aromatic carbocycles. The summed E-state index contributed by atoms with van der Waals surface area (Å²) in [6, 6.07) is 0. The molecule has 0 unspecified atom stereocenters. The maximum atomic E-state index is 12.3. The third-order valence-electron chi connectivity index (χ3n) is 6.21. The summed E-state index contributed by atoms with van der Waals surface area (Å²) < 4.78 is 12.4. The van der Waals surface area contributed by atoms with Gasteiger partial charge in [0.1, 0.15) is 15.9 Å². The van der Waals surface area contributed by atoms with E-state index in [-0.39, 0.29) is 16.7 Å². The van der Waals surface area contributed by atoms with Crippen LogP contribution in [0.1, 0.15) is 67.0 Å². The first-order chi connectivity index (χ1) is 14.4. The number of alkyl carbamates (subject to hydrolysis) is 1. The zero-order chi connectivity index (χ0) is 24.5. The molecule has 0 aliphatic carbocycles. The number of aromatic nitrogens is 2. The predicted molar refractivity (Wildman–Crippen MR) is 136 cm³/mol. The van der Waals surface area contributed by atoms with Crippen molar-refractivity contribution in [1.82, 2.24) is 15.3 Å². The fraction of sp³-hybridized carbons (Fsp3) is 0.773. The lowest BCUT2D eigenvalue weighted by atomic mass is 9.89. The molecule has 32 heavy (non-hydrogen) atoms. The number of anilines is 1. The summed E-state index contributed by atoms with van der Waals surface area (Å²) in [5.41, 5.74) is -0.0949. The molecule has 2 rings (SSSR count). The normalized spacial score (nSPS) is 17.3. The van der Waals surface area contributed by atoms with E-state index >= 15 is 0 Å². The second kappa shape index (κ2) is 9.76. The third kappa shape index (κ3) is 7.30. The van der Waals surface area contributed by atoms with Crippen molar-refractivity contribution in [3.8, 4) is 0 Å². The molecule has 0 radical (unpaired) electrons. The van der Waals surface area contributed by atoms with Gasteiger partial charge in [-0.05, 0) is 74.6 Å². The van der Waals surface area contributed by atoms with Gasteiger partial charge in [-0.3, -0.25) is 0 Å². The maximum absolute atomic E-state index is 12.3. The van der Waals surface area contributed by atoms with E-state index in [0.29, 0.717) is 29.5 Å². The Hall–Kier alpha value is -0.903. The molecule has 10 heteroatoms. The van der Waals surface area contributed by atoms with Crippen molar-refractivity contribution in [1.29, 1.82) is 0 Å². The molecule has 1 aromatic rings. The molecule has 1 saturated heterocycles. The average molecular weight is 550 g/mol. The lowest BCUT2D eigenvalue weighted by molar-refractivity contribution is 0.0448. The summed E-state index contributed by atoms with van der Waals surface area (Å²) >= 11 is 9.70. The summed E-state index contributed by atoms with van der Waals surface area (Å²) in [4.78, 5) is 23.7. The quantitative estimate of drug-likeness (QED) is 0.435. The van der Waals surface area contributed by atoms with Gasteiger partial charge in [-0.15, -0.1) is 0 Å². The summed E-state index contributed by atoms with van der Waals surface area (Å²) in [5.74, 6) is 0.747. The van der Waals surface area contributed by atoms with Crippen LogP contribution in [-0.2, 0) is 15.8 Å². The first-order valence-electron chi connectivity index (χ1n) is 11.0. The van der Waals surface area contributed by atoms with Gasteiger partial charge in [-0.25, -0.2) is 14.8 Å². The van der Waals surface area contributed by atoms with Crippen LogP contribution >= 0.6 is 27.5 Å². The van der Waals surface area contributed by atoms with Gasteiger partial charge in [0.05, 0.1) is 6.61 Å². The van der Waals surface area contributed by atoms with Gasteiger partial charge in [-0.2, -0.15) is 0 Å². The zero-order valence-electron chi connectivity index (χ0n) is 20.9. The number of carbonyl (C=O) groups is 1. The predicted octanol–water partition coefficient (Wildman–Crippen LogP) is 6.30. The van der Waals surface area contributed by atoms with Crippen LogP contribution in [-0.4, -0.2) is 48.6 Å². The number of ether oxygens (including phenoxy) is 1. The van der Waals surface area contributed by atoms with Gasteiger partial charge in [0, 0.05) is 18.6 Å². The van der Waals surface area contributed by atoms with Gasteiger partial charge in [0.25, 0.3) is 0 Å². The molecule has 0 bridgehead atoms. The highest BCUT2D eigenvalue weighted by atomic mass is 79.9.